The Hall–Kier alpha value is -2.04. The third-order valence-corrected chi connectivity index (χ3v) is 3.12. The molecule has 0 aromatic heterocycles. The lowest BCUT2D eigenvalue weighted by molar-refractivity contribution is 0.0450. The molecule has 0 saturated heterocycles. The van der Waals surface area contributed by atoms with Crippen molar-refractivity contribution in [3.05, 3.63) is 64.7 Å². The topological polar surface area (TPSA) is 44.8 Å². The number of carbonyl (C=O) groups excluding carboxylic acids is 1. The monoisotopic (exact) mass is 320 g/mol. The summed E-state index contributed by atoms with van der Waals surface area (Å²) in [7, 11) is 1.61. The van der Waals surface area contributed by atoms with Crippen molar-refractivity contribution in [2.75, 3.05) is 20.3 Å². The highest BCUT2D eigenvalue weighted by molar-refractivity contribution is 6.30. The molecule has 2 rings (SSSR count). The van der Waals surface area contributed by atoms with Gasteiger partial charge in [-0.15, -0.1) is 0 Å². The molecule has 0 aliphatic heterocycles. The smallest absolute Gasteiger partial charge is 0.338 e. The van der Waals surface area contributed by atoms with Gasteiger partial charge in [-0.25, -0.2) is 4.79 Å². The quantitative estimate of drug-likeness (QED) is 0.576. The second-order valence-electron chi connectivity index (χ2n) is 4.57. The van der Waals surface area contributed by atoms with Crippen molar-refractivity contribution in [1.29, 1.82) is 0 Å². The normalized spacial score (nSPS) is 10.3. The molecule has 4 nitrogen and oxygen atoms in total. The second-order valence-corrected chi connectivity index (χ2v) is 5.01. The van der Waals surface area contributed by atoms with Crippen LogP contribution in [0, 0.1) is 0 Å². The van der Waals surface area contributed by atoms with E-state index in [1.165, 1.54) is 0 Å². The minimum atomic E-state index is -0.377. The largest absolute Gasteiger partial charge is 0.490 e. The van der Waals surface area contributed by atoms with Gasteiger partial charge in [-0.1, -0.05) is 23.7 Å². The van der Waals surface area contributed by atoms with E-state index in [0.29, 0.717) is 22.9 Å². The van der Waals surface area contributed by atoms with Crippen LogP contribution in [0.1, 0.15) is 15.9 Å². The maximum absolute atomic E-state index is 11.9. The standard InChI is InChI=1S/C17H17ClO4/c1-20-12-13-3-2-4-14(11-13)17(19)22-10-9-21-16-7-5-15(18)6-8-16/h2-8,11H,9-10,12H2,1H3. The predicted octanol–water partition coefficient (Wildman–Crippen LogP) is 3.72. The fourth-order valence-corrected chi connectivity index (χ4v) is 1.99. The van der Waals surface area contributed by atoms with Crippen molar-refractivity contribution in [2.45, 2.75) is 6.61 Å². The van der Waals surface area contributed by atoms with Gasteiger partial charge in [0.1, 0.15) is 19.0 Å². The summed E-state index contributed by atoms with van der Waals surface area (Å²) >= 11 is 5.78. The molecule has 0 fully saturated rings. The van der Waals surface area contributed by atoms with Crippen LogP contribution in [0.15, 0.2) is 48.5 Å². The van der Waals surface area contributed by atoms with E-state index in [4.69, 9.17) is 25.8 Å². The van der Waals surface area contributed by atoms with E-state index in [1.54, 1.807) is 49.6 Å². The Morgan fingerprint density at radius 1 is 1.09 bits per heavy atom. The third kappa shape index (κ3) is 5.06. The van der Waals surface area contributed by atoms with Crippen molar-refractivity contribution in [1.82, 2.24) is 0 Å². The first-order chi connectivity index (χ1) is 10.7. The maximum Gasteiger partial charge on any atom is 0.338 e. The summed E-state index contributed by atoms with van der Waals surface area (Å²) in [4.78, 5) is 11.9. The average molecular weight is 321 g/mol. The van der Waals surface area contributed by atoms with Crippen LogP contribution in [0.4, 0.5) is 0 Å². The molecule has 0 heterocycles. The molecule has 0 unspecified atom stereocenters. The Labute approximate surface area is 134 Å². The van der Waals surface area contributed by atoms with E-state index in [1.807, 2.05) is 6.07 Å². The van der Waals surface area contributed by atoms with Gasteiger partial charge in [-0.2, -0.15) is 0 Å². The summed E-state index contributed by atoms with van der Waals surface area (Å²) in [6.45, 7) is 0.919. The molecule has 0 saturated carbocycles. The van der Waals surface area contributed by atoms with Gasteiger partial charge >= 0.3 is 5.97 Å². The maximum atomic E-state index is 11.9. The van der Waals surface area contributed by atoms with E-state index in [2.05, 4.69) is 0 Å². The van der Waals surface area contributed by atoms with Gasteiger partial charge in [-0.05, 0) is 42.0 Å². The molecule has 22 heavy (non-hydrogen) atoms. The third-order valence-electron chi connectivity index (χ3n) is 2.87. The summed E-state index contributed by atoms with van der Waals surface area (Å²) in [6.07, 6.45) is 0. The summed E-state index contributed by atoms with van der Waals surface area (Å²) < 4.78 is 15.7. The molecule has 0 bridgehead atoms. The zero-order valence-corrected chi connectivity index (χ0v) is 13.0. The molecular weight excluding hydrogens is 304 g/mol. The summed E-state index contributed by atoms with van der Waals surface area (Å²) in [6, 6.07) is 14.2. The summed E-state index contributed by atoms with van der Waals surface area (Å²) in [5.41, 5.74) is 1.43. The lowest BCUT2D eigenvalue weighted by Gasteiger charge is -2.08. The number of hydrogen-bond acceptors (Lipinski definition) is 4. The molecule has 2 aromatic rings. The first-order valence-corrected chi connectivity index (χ1v) is 7.20. The van der Waals surface area contributed by atoms with Crippen molar-refractivity contribution < 1.29 is 19.0 Å². The average Bonchev–Trinajstić information content (AvgIpc) is 2.53. The van der Waals surface area contributed by atoms with Crippen LogP contribution in [0.3, 0.4) is 0 Å². The number of benzene rings is 2. The van der Waals surface area contributed by atoms with Crippen LogP contribution in [-0.2, 0) is 16.1 Å². The van der Waals surface area contributed by atoms with Crippen LogP contribution >= 0.6 is 11.6 Å². The van der Waals surface area contributed by atoms with E-state index < -0.39 is 0 Å². The Morgan fingerprint density at radius 2 is 1.86 bits per heavy atom. The zero-order chi connectivity index (χ0) is 15.8. The highest BCUT2D eigenvalue weighted by Crippen LogP contribution is 2.15. The first kappa shape index (κ1) is 16.3. The van der Waals surface area contributed by atoms with Crippen LogP contribution in [0.5, 0.6) is 5.75 Å². The van der Waals surface area contributed by atoms with Gasteiger partial charge in [0.25, 0.3) is 0 Å². The lowest BCUT2D eigenvalue weighted by Crippen LogP contribution is -2.12. The number of rotatable bonds is 7. The molecular formula is C17H17ClO4. The van der Waals surface area contributed by atoms with Gasteiger partial charge in [-0.3, -0.25) is 0 Å². The van der Waals surface area contributed by atoms with Gasteiger partial charge < -0.3 is 14.2 Å². The molecule has 0 radical (unpaired) electrons. The van der Waals surface area contributed by atoms with E-state index in [0.717, 1.165) is 5.56 Å². The zero-order valence-electron chi connectivity index (χ0n) is 12.3. The van der Waals surface area contributed by atoms with Crippen LogP contribution in [0.25, 0.3) is 0 Å². The van der Waals surface area contributed by atoms with Gasteiger partial charge in [0.15, 0.2) is 0 Å². The Bertz CT molecular complexity index is 610. The first-order valence-electron chi connectivity index (χ1n) is 6.82. The van der Waals surface area contributed by atoms with Crippen molar-refractivity contribution in [3.8, 4) is 5.75 Å². The number of methoxy groups -OCH3 is 1. The number of hydrogen-bond donors (Lipinski definition) is 0. The molecule has 0 N–H and O–H groups in total. The molecule has 0 aliphatic carbocycles. The lowest BCUT2D eigenvalue weighted by atomic mass is 10.1. The van der Waals surface area contributed by atoms with Crippen molar-refractivity contribution in [3.63, 3.8) is 0 Å². The van der Waals surface area contributed by atoms with Gasteiger partial charge in [0, 0.05) is 12.1 Å². The predicted molar refractivity (Wildman–Crippen MR) is 84.4 cm³/mol. The number of ether oxygens (including phenoxy) is 3. The Morgan fingerprint density at radius 3 is 2.59 bits per heavy atom. The van der Waals surface area contributed by atoms with Crippen LogP contribution in [-0.4, -0.2) is 26.3 Å². The van der Waals surface area contributed by atoms with Crippen molar-refractivity contribution in [2.24, 2.45) is 0 Å². The fourth-order valence-electron chi connectivity index (χ4n) is 1.86. The van der Waals surface area contributed by atoms with Gasteiger partial charge in [0.05, 0.1) is 12.2 Å². The molecule has 0 spiro atoms. The summed E-state index contributed by atoms with van der Waals surface area (Å²) in [5.74, 6) is 0.306. The minimum Gasteiger partial charge on any atom is -0.490 e. The highest BCUT2D eigenvalue weighted by atomic mass is 35.5. The van der Waals surface area contributed by atoms with Crippen LogP contribution < -0.4 is 4.74 Å². The Kier molecular flexibility index (Phi) is 6.25. The SMILES string of the molecule is COCc1cccc(C(=O)OCCOc2ccc(Cl)cc2)c1. The summed E-state index contributed by atoms with van der Waals surface area (Å²) in [5, 5.41) is 0.648. The molecule has 0 aliphatic rings. The molecule has 2 aromatic carbocycles. The molecule has 0 amide bonds. The van der Waals surface area contributed by atoms with Gasteiger partial charge in [0.2, 0.25) is 0 Å². The Balaban J connectivity index is 1.77. The van der Waals surface area contributed by atoms with Crippen molar-refractivity contribution >= 4 is 17.6 Å². The van der Waals surface area contributed by atoms with Crippen LogP contribution in [0.2, 0.25) is 5.02 Å². The van der Waals surface area contributed by atoms with E-state index >= 15 is 0 Å². The highest BCUT2D eigenvalue weighted by Gasteiger charge is 2.07. The number of carbonyl (C=O) groups is 1. The molecule has 5 heteroatoms. The van der Waals surface area contributed by atoms with E-state index in [9.17, 15) is 4.79 Å². The molecule has 0 atom stereocenters. The number of esters is 1. The fraction of sp³-hybridized carbons (Fsp3) is 0.235. The molecule has 116 valence electrons. The minimum absolute atomic E-state index is 0.177. The second kappa shape index (κ2) is 8.41. The number of halogens is 1. The van der Waals surface area contributed by atoms with E-state index in [-0.39, 0.29) is 19.2 Å².